The molecule has 3 rings (SSSR count). The molecule has 0 saturated carbocycles. The summed E-state index contributed by atoms with van der Waals surface area (Å²) in [5.74, 6) is -0.304. The molecule has 0 spiro atoms. The molecule has 0 aliphatic heterocycles. The maximum Gasteiger partial charge on any atom is 0.287 e. The van der Waals surface area contributed by atoms with Crippen molar-refractivity contribution in [2.75, 3.05) is 17.2 Å². The summed E-state index contributed by atoms with van der Waals surface area (Å²) in [7, 11) is 0. The Morgan fingerprint density at radius 3 is 2.07 bits per heavy atom. The van der Waals surface area contributed by atoms with Crippen LogP contribution in [0.25, 0.3) is 0 Å². The zero-order chi connectivity index (χ0) is 21.5. The van der Waals surface area contributed by atoms with Gasteiger partial charge in [0.25, 0.3) is 11.8 Å². The van der Waals surface area contributed by atoms with Gasteiger partial charge in [-0.1, -0.05) is 66.2 Å². The number of anilines is 2. The zero-order valence-electron chi connectivity index (χ0n) is 17.6. The molecule has 0 aromatic heterocycles. The summed E-state index contributed by atoms with van der Waals surface area (Å²) < 4.78 is 0. The molecule has 3 aromatic rings. The zero-order valence-corrected chi connectivity index (χ0v) is 17.6. The fourth-order valence-corrected chi connectivity index (χ4v) is 3.34. The highest BCUT2D eigenvalue weighted by atomic mass is 16.2. The molecule has 2 amide bonds. The Hall–Kier alpha value is -3.44. The summed E-state index contributed by atoms with van der Waals surface area (Å²) in [4.78, 5) is 25.6. The van der Waals surface area contributed by atoms with Crippen molar-refractivity contribution in [3.05, 3.63) is 95.1 Å². The molecule has 0 fully saturated rings. The molecule has 0 radical (unpaired) electrons. The largest absolute Gasteiger partial charge is 0.324 e. The lowest BCUT2D eigenvalue weighted by Crippen LogP contribution is -2.89. The van der Waals surface area contributed by atoms with Crippen LogP contribution in [-0.4, -0.2) is 18.4 Å². The lowest BCUT2D eigenvalue weighted by Gasteiger charge is -2.17. The third-order valence-electron chi connectivity index (χ3n) is 5.04. The number of hydrogen-bond donors (Lipinski definition) is 3. The molecule has 0 aliphatic rings. The molecular weight excluding hydrogens is 374 g/mol. The van der Waals surface area contributed by atoms with Crippen molar-refractivity contribution in [1.82, 2.24) is 0 Å². The molecule has 3 aromatic carbocycles. The van der Waals surface area contributed by atoms with E-state index in [0.717, 1.165) is 33.6 Å². The minimum atomic E-state index is -0.531. The van der Waals surface area contributed by atoms with E-state index in [0.29, 0.717) is 0 Å². The molecule has 0 bridgehead atoms. The number of hydrogen-bond acceptors (Lipinski definition) is 2. The van der Waals surface area contributed by atoms with E-state index in [9.17, 15) is 9.59 Å². The van der Waals surface area contributed by atoms with Crippen molar-refractivity contribution in [2.24, 2.45) is 0 Å². The Balaban J connectivity index is 1.70. The summed E-state index contributed by atoms with van der Waals surface area (Å²) in [6, 6.07) is 22.5. The molecular formula is C25H28N3O2+. The Bertz CT molecular complexity index is 994. The normalized spacial score (nSPS) is 11.6. The van der Waals surface area contributed by atoms with E-state index in [1.54, 1.807) is 5.32 Å². The third kappa shape index (κ3) is 5.55. The summed E-state index contributed by atoms with van der Waals surface area (Å²) in [5, 5.41) is 7.70. The van der Waals surface area contributed by atoms with Crippen molar-refractivity contribution in [3.8, 4) is 0 Å². The number of aryl methyl sites for hydroxylation is 3. The number of amides is 2. The Kier molecular flexibility index (Phi) is 6.99. The highest BCUT2D eigenvalue weighted by Crippen LogP contribution is 2.19. The van der Waals surface area contributed by atoms with E-state index in [2.05, 4.69) is 10.6 Å². The summed E-state index contributed by atoms with van der Waals surface area (Å²) in [6.07, 6.45) is 0. The molecule has 0 aliphatic carbocycles. The van der Waals surface area contributed by atoms with Gasteiger partial charge in [-0.2, -0.15) is 0 Å². The van der Waals surface area contributed by atoms with Crippen molar-refractivity contribution >= 4 is 23.2 Å². The number of nitrogens with two attached hydrogens (primary N) is 1. The Labute approximate surface area is 177 Å². The SMILES string of the molecule is Cc1ccc(NC(=O)[C@@H]([NH2+]CC(=O)Nc2c(C)cccc2C)c2ccccc2)cc1. The maximum atomic E-state index is 13.0. The van der Waals surface area contributed by atoms with Crippen LogP contribution in [0.2, 0.25) is 0 Å². The first kappa shape index (κ1) is 21.3. The summed E-state index contributed by atoms with van der Waals surface area (Å²) >= 11 is 0. The first-order chi connectivity index (χ1) is 14.4. The second kappa shape index (κ2) is 9.85. The number of carbonyl (C=O) groups excluding carboxylic acids is 2. The van der Waals surface area contributed by atoms with Crippen LogP contribution in [0.4, 0.5) is 11.4 Å². The number of carbonyl (C=O) groups is 2. The minimum Gasteiger partial charge on any atom is -0.324 e. The maximum absolute atomic E-state index is 13.0. The molecule has 0 unspecified atom stereocenters. The number of quaternary nitrogens is 1. The van der Waals surface area contributed by atoms with Crippen molar-refractivity contribution in [2.45, 2.75) is 26.8 Å². The van der Waals surface area contributed by atoms with Crippen molar-refractivity contribution in [3.63, 3.8) is 0 Å². The van der Waals surface area contributed by atoms with Gasteiger partial charge >= 0.3 is 0 Å². The first-order valence-corrected chi connectivity index (χ1v) is 10.1. The lowest BCUT2D eigenvalue weighted by molar-refractivity contribution is -0.671. The predicted molar refractivity (Wildman–Crippen MR) is 120 cm³/mol. The monoisotopic (exact) mass is 402 g/mol. The topological polar surface area (TPSA) is 74.8 Å². The highest BCUT2D eigenvalue weighted by Gasteiger charge is 2.25. The van der Waals surface area contributed by atoms with E-state index in [1.807, 2.05) is 93.6 Å². The van der Waals surface area contributed by atoms with E-state index < -0.39 is 6.04 Å². The van der Waals surface area contributed by atoms with Crippen LogP contribution in [0.1, 0.15) is 28.3 Å². The van der Waals surface area contributed by atoms with Gasteiger partial charge in [-0.3, -0.25) is 9.59 Å². The van der Waals surface area contributed by atoms with Gasteiger partial charge in [0.2, 0.25) is 0 Å². The van der Waals surface area contributed by atoms with Crippen LogP contribution < -0.4 is 16.0 Å². The average Bonchev–Trinajstić information content (AvgIpc) is 2.73. The molecule has 0 heterocycles. The van der Waals surface area contributed by atoms with Gasteiger partial charge in [-0.05, 0) is 44.0 Å². The fraction of sp³-hybridized carbons (Fsp3) is 0.200. The van der Waals surface area contributed by atoms with E-state index in [1.165, 1.54) is 0 Å². The molecule has 4 N–H and O–H groups in total. The number of para-hydroxylation sites is 1. The molecule has 30 heavy (non-hydrogen) atoms. The summed E-state index contributed by atoms with van der Waals surface area (Å²) in [6.45, 7) is 6.07. The highest BCUT2D eigenvalue weighted by molar-refractivity contribution is 5.95. The van der Waals surface area contributed by atoms with E-state index >= 15 is 0 Å². The molecule has 154 valence electrons. The van der Waals surface area contributed by atoms with Gasteiger partial charge in [-0.25, -0.2) is 0 Å². The predicted octanol–water partition coefficient (Wildman–Crippen LogP) is 3.49. The van der Waals surface area contributed by atoms with Crippen LogP contribution in [-0.2, 0) is 9.59 Å². The number of benzene rings is 3. The molecule has 0 saturated heterocycles. The standard InChI is InChI=1S/C25H27N3O2/c1-17-12-14-21(15-13-17)27-25(30)24(20-10-5-4-6-11-20)26-16-22(29)28-23-18(2)8-7-9-19(23)3/h4-15,24,26H,16H2,1-3H3,(H,27,30)(H,28,29)/p+1/t24-/m0/s1. The molecule has 5 nitrogen and oxygen atoms in total. The number of rotatable bonds is 7. The van der Waals surface area contributed by atoms with E-state index in [-0.39, 0.29) is 18.4 Å². The summed E-state index contributed by atoms with van der Waals surface area (Å²) in [5.41, 5.74) is 5.57. The van der Waals surface area contributed by atoms with Gasteiger partial charge in [0.1, 0.15) is 0 Å². The van der Waals surface area contributed by atoms with Gasteiger partial charge in [0.05, 0.1) is 0 Å². The lowest BCUT2D eigenvalue weighted by atomic mass is 10.1. The van der Waals surface area contributed by atoms with Gasteiger partial charge in [-0.15, -0.1) is 0 Å². The van der Waals surface area contributed by atoms with Crippen LogP contribution in [0.15, 0.2) is 72.8 Å². The van der Waals surface area contributed by atoms with Crippen molar-refractivity contribution in [1.29, 1.82) is 0 Å². The fourth-order valence-electron chi connectivity index (χ4n) is 3.34. The van der Waals surface area contributed by atoms with Gasteiger partial charge in [0, 0.05) is 16.9 Å². The second-order valence-electron chi connectivity index (χ2n) is 7.50. The first-order valence-electron chi connectivity index (χ1n) is 10.1. The number of nitrogens with one attached hydrogen (secondary N) is 2. The van der Waals surface area contributed by atoms with Crippen LogP contribution in [0.5, 0.6) is 0 Å². The Morgan fingerprint density at radius 1 is 0.800 bits per heavy atom. The minimum absolute atomic E-state index is 0.134. The van der Waals surface area contributed by atoms with Crippen LogP contribution in [0, 0.1) is 20.8 Å². The average molecular weight is 403 g/mol. The Morgan fingerprint density at radius 2 is 1.43 bits per heavy atom. The second-order valence-corrected chi connectivity index (χ2v) is 7.50. The van der Waals surface area contributed by atoms with E-state index in [4.69, 9.17) is 0 Å². The van der Waals surface area contributed by atoms with Crippen LogP contribution in [0.3, 0.4) is 0 Å². The van der Waals surface area contributed by atoms with Gasteiger partial charge in [0.15, 0.2) is 12.6 Å². The third-order valence-corrected chi connectivity index (χ3v) is 5.04. The smallest absolute Gasteiger partial charge is 0.287 e. The quantitative estimate of drug-likeness (QED) is 0.566. The van der Waals surface area contributed by atoms with Crippen molar-refractivity contribution < 1.29 is 14.9 Å². The van der Waals surface area contributed by atoms with Crippen LogP contribution >= 0.6 is 0 Å². The molecule has 5 heteroatoms. The molecule has 1 atom stereocenters. The van der Waals surface area contributed by atoms with Gasteiger partial charge < -0.3 is 16.0 Å².